The lowest BCUT2D eigenvalue weighted by molar-refractivity contribution is -0.112. The lowest BCUT2D eigenvalue weighted by Crippen LogP contribution is -2.21. The van der Waals surface area contributed by atoms with Crippen LogP contribution in [0.1, 0.15) is 27.8 Å². The Hall–Kier alpha value is -4.11. The van der Waals surface area contributed by atoms with Crippen molar-refractivity contribution in [1.29, 1.82) is 0 Å². The van der Waals surface area contributed by atoms with Gasteiger partial charge in [0, 0.05) is 16.8 Å². The van der Waals surface area contributed by atoms with E-state index in [1.807, 2.05) is 48.5 Å². The SMILES string of the molecule is COc1ccc(N2C(=O)/C(=C(\c3ccccc3)c3ccc(C)cc3)c3cc(C)ccc32)cc1. The second-order valence-corrected chi connectivity index (χ2v) is 8.34. The van der Waals surface area contributed by atoms with Crippen LogP contribution in [-0.4, -0.2) is 13.0 Å². The summed E-state index contributed by atoms with van der Waals surface area (Å²) in [5.41, 5.74) is 8.69. The summed E-state index contributed by atoms with van der Waals surface area (Å²) in [5.74, 6) is 0.732. The minimum absolute atomic E-state index is 0.0276. The molecule has 0 bridgehead atoms. The van der Waals surface area contributed by atoms with Crippen molar-refractivity contribution >= 4 is 28.4 Å². The third kappa shape index (κ3) is 3.72. The van der Waals surface area contributed by atoms with Gasteiger partial charge in [0.05, 0.1) is 18.4 Å². The molecule has 3 nitrogen and oxygen atoms in total. The van der Waals surface area contributed by atoms with Gasteiger partial charge in [-0.05, 0) is 61.4 Å². The maximum absolute atomic E-state index is 14.1. The molecule has 0 aromatic heterocycles. The Morgan fingerprint density at radius 1 is 0.727 bits per heavy atom. The first-order valence-electron chi connectivity index (χ1n) is 11.0. The minimum atomic E-state index is -0.0276. The molecule has 1 amide bonds. The number of ether oxygens (including phenoxy) is 1. The minimum Gasteiger partial charge on any atom is -0.497 e. The van der Waals surface area contributed by atoms with Crippen LogP contribution in [0.15, 0.2) is 97.1 Å². The molecule has 0 N–H and O–H groups in total. The number of hydrogen-bond acceptors (Lipinski definition) is 2. The maximum Gasteiger partial charge on any atom is 0.264 e. The highest BCUT2D eigenvalue weighted by molar-refractivity contribution is 6.40. The van der Waals surface area contributed by atoms with Gasteiger partial charge in [0.15, 0.2) is 0 Å². The van der Waals surface area contributed by atoms with E-state index in [0.29, 0.717) is 0 Å². The van der Waals surface area contributed by atoms with Crippen molar-refractivity contribution in [2.75, 3.05) is 12.0 Å². The molecule has 1 aliphatic rings. The first-order valence-corrected chi connectivity index (χ1v) is 11.0. The molecule has 0 fully saturated rings. The zero-order chi connectivity index (χ0) is 22.9. The highest BCUT2D eigenvalue weighted by Gasteiger charge is 2.36. The molecule has 0 saturated heterocycles. The Labute approximate surface area is 194 Å². The van der Waals surface area contributed by atoms with E-state index < -0.39 is 0 Å². The van der Waals surface area contributed by atoms with Gasteiger partial charge in [0.1, 0.15) is 5.75 Å². The van der Waals surface area contributed by atoms with Crippen molar-refractivity contribution in [3.05, 3.63) is 125 Å². The van der Waals surface area contributed by atoms with Gasteiger partial charge in [0.2, 0.25) is 0 Å². The van der Waals surface area contributed by atoms with E-state index in [-0.39, 0.29) is 5.91 Å². The number of carbonyl (C=O) groups excluding carboxylic acids is 1. The number of anilines is 2. The summed E-state index contributed by atoms with van der Waals surface area (Å²) >= 11 is 0. The van der Waals surface area contributed by atoms with Crippen LogP contribution in [0.3, 0.4) is 0 Å². The second-order valence-electron chi connectivity index (χ2n) is 8.34. The molecule has 0 aliphatic carbocycles. The van der Waals surface area contributed by atoms with Crippen molar-refractivity contribution in [2.45, 2.75) is 13.8 Å². The summed E-state index contributed by atoms with van der Waals surface area (Å²) in [6.07, 6.45) is 0. The van der Waals surface area contributed by atoms with Crippen LogP contribution >= 0.6 is 0 Å². The Kier molecular flexibility index (Phi) is 5.31. The van der Waals surface area contributed by atoms with Gasteiger partial charge in [-0.3, -0.25) is 9.69 Å². The van der Waals surface area contributed by atoms with Gasteiger partial charge in [0.25, 0.3) is 5.91 Å². The predicted molar refractivity (Wildman–Crippen MR) is 135 cm³/mol. The van der Waals surface area contributed by atoms with Crippen LogP contribution in [0.25, 0.3) is 11.1 Å². The quantitative estimate of drug-likeness (QED) is 0.327. The highest BCUT2D eigenvalue weighted by atomic mass is 16.5. The van der Waals surface area contributed by atoms with Crippen LogP contribution in [0.4, 0.5) is 11.4 Å². The topological polar surface area (TPSA) is 29.5 Å². The van der Waals surface area contributed by atoms with Crippen LogP contribution in [0, 0.1) is 13.8 Å². The molecule has 1 aliphatic heterocycles. The van der Waals surface area contributed by atoms with Gasteiger partial charge in [-0.1, -0.05) is 71.8 Å². The van der Waals surface area contributed by atoms with Gasteiger partial charge in [-0.15, -0.1) is 0 Å². The largest absolute Gasteiger partial charge is 0.497 e. The molecule has 0 unspecified atom stereocenters. The molecule has 162 valence electrons. The van der Waals surface area contributed by atoms with Crippen LogP contribution in [-0.2, 0) is 4.79 Å². The Balaban J connectivity index is 1.79. The summed E-state index contributed by atoms with van der Waals surface area (Å²) in [6.45, 7) is 4.14. The maximum atomic E-state index is 14.1. The second kappa shape index (κ2) is 8.44. The van der Waals surface area contributed by atoms with E-state index in [4.69, 9.17) is 4.74 Å². The van der Waals surface area contributed by atoms with Crippen molar-refractivity contribution in [3.8, 4) is 5.75 Å². The van der Waals surface area contributed by atoms with Crippen LogP contribution in [0.2, 0.25) is 0 Å². The molecule has 3 heteroatoms. The van der Waals surface area contributed by atoms with Crippen LogP contribution in [0.5, 0.6) is 5.75 Å². The summed E-state index contributed by atoms with van der Waals surface area (Å²) in [7, 11) is 1.64. The number of aryl methyl sites for hydroxylation is 2. The van der Waals surface area contributed by atoms with E-state index in [9.17, 15) is 4.79 Å². The Morgan fingerprint density at radius 3 is 2.03 bits per heavy atom. The standard InChI is InChI=1S/C30H25NO2/c1-20-9-12-23(13-10-20)28(22-7-5-4-6-8-22)29-26-19-21(2)11-18-27(26)31(30(29)32)24-14-16-25(33-3)17-15-24/h4-19H,1-3H3/b29-28+. The van der Waals surface area contributed by atoms with Gasteiger partial charge >= 0.3 is 0 Å². The molecule has 0 saturated carbocycles. The van der Waals surface area contributed by atoms with Gasteiger partial charge < -0.3 is 4.74 Å². The zero-order valence-corrected chi connectivity index (χ0v) is 19.0. The number of fused-ring (bicyclic) bond motifs is 1. The lowest BCUT2D eigenvalue weighted by Gasteiger charge is -2.18. The number of nitrogens with zero attached hydrogens (tertiary/aromatic N) is 1. The predicted octanol–water partition coefficient (Wildman–Crippen LogP) is 6.95. The Bertz CT molecular complexity index is 1350. The number of amides is 1. The molecule has 33 heavy (non-hydrogen) atoms. The van der Waals surface area contributed by atoms with Crippen molar-refractivity contribution in [1.82, 2.24) is 0 Å². The van der Waals surface area contributed by atoms with Crippen LogP contribution < -0.4 is 9.64 Å². The molecule has 1 heterocycles. The third-order valence-corrected chi connectivity index (χ3v) is 6.06. The molecule has 4 aromatic rings. The molecular weight excluding hydrogens is 406 g/mol. The highest BCUT2D eigenvalue weighted by Crippen LogP contribution is 2.46. The lowest BCUT2D eigenvalue weighted by atomic mass is 9.89. The smallest absolute Gasteiger partial charge is 0.264 e. The van der Waals surface area contributed by atoms with Crippen molar-refractivity contribution in [2.24, 2.45) is 0 Å². The van der Waals surface area contributed by atoms with Gasteiger partial charge in [-0.25, -0.2) is 0 Å². The molecule has 0 spiro atoms. The van der Waals surface area contributed by atoms with Gasteiger partial charge in [-0.2, -0.15) is 0 Å². The molecule has 4 aromatic carbocycles. The van der Waals surface area contributed by atoms with E-state index in [0.717, 1.165) is 50.5 Å². The number of benzene rings is 4. The fraction of sp³-hybridized carbons (Fsp3) is 0.100. The number of rotatable bonds is 4. The summed E-state index contributed by atoms with van der Waals surface area (Å²) < 4.78 is 5.32. The molecule has 5 rings (SSSR count). The number of carbonyl (C=O) groups is 1. The first-order chi connectivity index (χ1) is 16.1. The van der Waals surface area contributed by atoms with Crippen molar-refractivity contribution in [3.63, 3.8) is 0 Å². The van der Waals surface area contributed by atoms with E-state index in [1.54, 1.807) is 12.0 Å². The summed E-state index contributed by atoms with van der Waals surface area (Å²) in [5, 5.41) is 0. The fourth-order valence-electron chi connectivity index (χ4n) is 4.39. The zero-order valence-electron chi connectivity index (χ0n) is 19.0. The average Bonchev–Trinajstić information content (AvgIpc) is 3.12. The summed E-state index contributed by atoms with van der Waals surface area (Å²) in [4.78, 5) is 15.9. The molecular formula is C30H25NO2. The molecule has 0 atom stereocenters. The van der Waals surface area contributed by atoms with Crippen molar-refractivity contribution < 1.29 is 9.53 Å². The first kappa shape index (κ1) is 20.8. The van der Waals surface area contributed by atoms with E-state index in [1.165, 1.54) is 5.56 Å². The monoisotopic (exact) mass is 431 g/mol. The number of methoxy groups -OCH3 is 1. The summed E-state index contributed by atoms with van der Waals surface area (Å²) in [6, 6.07) is 32.4. The fourth-order valence-corrected chi connectivity index (χ4v) is 4.39. The van der Waals surface area contributed by atoms with E-state index in [2.05, 4.69) is 62.4 Å². The average molecular weight is 432 g/mol. The Morgan fingerprint density at radius 2 is 1.36 bits per heavy atom. The van der Waals surface area contributed by atoms with E-state index >= 15 is 0 Å². The molecule has 0 radical (unpaired) electrons. The third-order valence-electron chi connectivity index (χ3n) is 6.06. The normalized spacial score (nSPS) is 14.3. The number of hydrogen-bond donors (Lipinski definition) is 0.